The van der Waals surface area contributed by atoms with Gasteiger partial charge in [-0.2, -0.15) is 0 Å². The quantitative estimate of drug-likeness (QED) is 0.585. The third-order valence-electron chi connectivity index (χ3n) is 5.23. The zero-order chi connectivity index (χ0) is 19.2. The Labute approximate surface area is 157 Å². The predicted molar refractivity (Wildman–Crippen MR) is 105 cm³/mol. The molecule has 1 heterocycles. The monoisotopic (exact) mass is 359 g/mol. The molecule has 4 heteroatoms. The molecule has 0 saturated carbocycles. The first-order valence-electron chi connectivity index (χ1n) is 10.0. The SMILES string of the molecule is CCCCCCCCCCN1C(=O)C(O)(CC(C)=O)c2cc(C)ccc21. The van der Waals surface area contributed by atoms with Crippen LogP contribution in [0.1, 0.15) is 82.8 Å². The number of aliphatic hydroxyl groups is 1. The van der Waals surface area contributed by atoms with Crippen molar-refractivity contribution >= 4 is 17.4 Å². The zero-order valence-electron chi connectivity index (χ0n) is 16.5. The number of hydrogen-bond acceptors (Lipinski definition) is 3. The van der Waals surface area contributed by atoms with Crippen LogP contribution in [0.4, 0.5) is 5.69 Å². The van der Waals surface area contributed by atoms with E-state index in [9.17, 15) is 14.7 Å². The zero-order valence-corrected chi connectivity index (χ0v) is 16.5. The first-order valence-corrected chi connectivity index (χ1v) is 10.0. The number of unbranched alkanes of at least 4 members (excludes halogenated alkanes) is 7. The molecule has 0 bridgehead atoms. The maximum absolute atomic E-state index is 12.9. The van der Waals surface area contributed by atoms with Crippen LogP contribution in [0.15, 0.2) is 18.2 Å². The highest BCUT2D eigenvalue weighted by atomic mass is 16.3. The molecular weight excluding hydrogens is 326 g/mol. The van der Waals surface area contributed by atoms with Crippen molar-refractivity contribution in [2.24, 2.45) is 0 Å². The minimum atomic E-state index is -1.70. The molecule has 0 radical (unpaired) electrons. The minimum absolute atomic E-state index is 0.157. The number of hydrogen-bond donors (Lipinski definition) is 1. The van der Waals surface area contributed by atoms with Crippen LogP contribution in [-0.2, 0) is 15.2 Å². The van der Waals surface area contributed by atoms with Gasteiger partial charge in [-0.15, -0.1) is 0 Å². The first-order chi connectivity index (χ1) is 12.4. The van der Waals surface area contributed by atoms with Crippen molar-refractivity contribution in [3.8, 4) is 0 Å². The Bertz CT molecular complexity index is 640. The number of anilines is 1. The normalized spacial score (nSPS) is 19.1. The number of carbonyl (C=O) groups is 2. The topological polar surface area (TPSA) is 57.6 Å². The van der Waals surface area contributed by atoms with Gasteiger partial charge in [-0.1, -0.05) is 69.6 Å². The van der Waals surface area contributed by atoms with Gasteiger partial charge < -0.3 is 10.0 Å². The van der Waals surface area contributed by atoms with Gasteiger partial charge in [0.1, 0.15) is 5.78 Å². The molecule has 0 fully saturated rings. The highest BCUT2D eigenvalue weighted by Gasteiger charge is 2.50. The van der Waals surface area contributed by atoms with Gasteiger partial charge >= 0.3 is 0 Å². The van der Waals surface area contributed by atoms with Gasteiger partial charge in [0.25, 0.3) is 5.91 Å². The van der Waals surface area contributed by atoms with Crippen molar-refractivity contribution in [2.75, 3.05) is 11.4 Å². The predicted octanol–water partition coefficient (Wildman–Crippen LogP) is 4.65. The van der Waals surface area contributed by atoms with E-state index in [1.54, 1.807) is 4.90 Å². The summed E-state index contributed by atoms with van der Waals surface area (Å²) in [5, 5.41) is 11.0. The highest BCUT2D eigenvalue weighted by Crippen LogP contribution is 2.43. The van der Waals surface area contributed by atoms with Gasteiger partial charge in [-0.05, 0) is 26.3 Å². The summed E-state index contributed by atoms with van der Waals surface area (Å²) < 4.78 is 0. The van der Waals surface area contributed by atoms with E-state index in [4.69, 9.17) is 0 Å². The van der Waals surface area contributed by atoms with E-state index in [-0.39, 0.29) is 18.1 Å². The number of nitrogens with zero attached hydrogens (tertiary/aromatic N) is 1. The number of Topliss-reactive ketones (excluding diaryl/α,β-unsaturated/α-hetero) is 1. The summed E-state index contributed by atoms with van der Waals surface area (Å²) in [4.78, 5) is 26.2. The van der Waals surface area contributed by atoms with E-state index in [0.29, 0.717) is 12.1 Å². The Morgan fingerprint density at radius 2 is 1.69 bits per heavy atom. The first kappa shape index (κ1) is 20.6. The molecule has 1 amide bonds. The molecule has 1 aliphatic rings. The number of benzene rings is 1. The van der Waals surface area contributed by atoms with E-state index >= 15 is 0 Å². The average Bonchev–Trinajstić information content (AvgIpc) is 2.78. The van der Waals surface area contributed by atoms with Crippen LogP contribution in [0, 0.1) is 6.92 Å². The molecule has 2 rings (SSSR count). The van der Waals surface area contributed by atoms with Crippen LogP contribution in [0.25, 0.3) is 0 Å². The number of ketones is 1. The summed E-state index contributed by atoms with van der Waals surface area (Å²) in [6.07, 6.45) is 9.46. The molecule has 0 spiro atoms. The van der Waals surface area contributed by atoms with Crippen molar-refractivity contribution < 1.29 is 14.7 Å². The Balaban J connectivity index is 1.97. The van der Waals surface area contributed by atoms with Crippen molar-refractivity contribution in [1.82, 2.24) is 0 Å². The van der Waals surface area contributed by atoms with Gasteiger partial charge in [0, 0.05) is 18.5 Å². The highest BCUT2D eigenvalue weighted by molar-refractivity contribution is 6.08. The van der Waals surface area contributed by atoms with Crippen molar-refractivity contribution in [1.29, 1.82) is 0 Å². The van der Waals surface area contributed by atoms with Crippen LogP contribution in [0.5, 0.6) is 0 Å². The fraction of sp³-hybridized carbons (Fsp3) is 0.636. The lowest BCUT2D eigenvalue weighted by Gasteiger charge is -2.22. The van der Waals surface area contributed by atoms with E-state index in [2.05, 4.69) is 6.92 Å². The van der Waals surface area contributed by atoms with Gasteiger partial charge in [0.15, 0.2) is 5.60 Å². The lowest BCUT2D eigenvalue weighted by molar-refractivity contribution is -0.141. The van der Waals surface area contributed by atoms with Crippen molar-refractivity contribution in [3.63, 3.8) is 0 Å². The summed E-state index contributed by atoms with van der Waals surface area (Å²) in [6, 6.07) is 5.68. The Hall–Kier alpha value is -1.68. The maximum atomic E-state index is 12.9. The fourth-order valence-electron chi connectivity index (χ4n) is 3.82. The van der Waals surface area contributed by atoms with Crippen LogP contribution < -0.4 is 4.90 Å². The Morgan fingerprint density at radius 3 is 2.31 bits per heavy atom. The summed E-state index contributed by atoms with van der Waals surface area (Å²) in [5.74, 6) is -0.529. The van der Waals surface area contributed by atoms with Crippen molar-refractivity contribution in [2.45, 2.75) is 84.2 Å². The third-order valence-corrected chi connectivity index (χ3v) is 5.23. The number of fused-ring (bicyclic) bond motifs is 1. The molecule has 1 atom stereocenters. The summed E-state index contributed by atoms with van der Waals surface area (Å²) in [5.41, 5.74) is 0.616. The van der Waals surface area contributed by atoms with E-state index in [0.717, 1.165) is 24.1 Å². The number of carbonyl (C=O) groups excluding carboxylic acids is 2. The van der Waals surface area contributed by atoms with Crippen LogP contribution in [-0.4, -0.2) is 23.3 Å². The summed E-state index contributed by atoms with van der Waals surface area (Å²) in [6.45, 7) is 6.17. The Kier molecular flexibility index (Phi) is 7.39. The minimum Gasteiger partial charge on any atom is -0.375 e. The second-order valence-corrected chi connectivity index (χ2v) is 7.69. The largest absolute Gasteiger partial charge is 0.375 e. The maximum Gasteiger partial charge on any atom is 0.264 e. The lowest BCUT2D eigenvalue weighted by Crippen LogP contribution is -2.41. The smallest absolute Gasteiger partial charge is 0.264 e. The summed E-state index contributed by atoms with van der Waals surface area (Å²) >= 11 is 0. The van der Waals surface area contributed by atoms with E-state index < -0.39 is 5.60 Å². The summed E-state index contributed by atoms with van der Waals surface area (Å²) in [7, 11) is 0. The van der Waals surface area contributed by atoms with Gasteiger partial charge in [0.05, 0.1) is 5.69 Å². The Morgan fingerprint density at radius 1 is 1.08 bits per heavy atom. The number of aryl methyl sites for hydroxylation is 1. The second-order valence-electron chi connectivity index (χ2n) is 7.69. The molecule has 4 nitrogen and oxygen atoms in total. The number of amides is 1. The molecule has 0 saturated heterocycles. The molecule has 1 N–H and O–H groups in total. The van der Waals surface area contributed by atoms with E-state index in [1.807, 2.05) is 25.1 Å². The molecular formula is C22H33NO3. The lowest BCUT2D eigenvalue weighted by atomic mass is 9.89. The van der Waals surface area contributed by atoms with Gasteiger partial charge in [0.2, 0.25) is 0 Å². The number of rotatable bonds is 11. The second kappa shape index (κ2) is 9.31. The molecule has 1 aliphatic heterocycles. The molecule has 1 aromatic rings. The molecule has 0 aliphatic carbocycles. The third kappa shape index (κ3) is 4.73. The van der Waals surface area contributed by atoms with Crippen LogP contribution in [0.2, 0.25) is 0 Å². The molecule has 144 valence electrons. The van der Waals surface area contributed by atoms with Crippen LogP contribution in [0.3, 0.4) is 0 Å². The van der Waals surface area contributed by atoms with Crippen LogP contribution >= 0.6 is 0 Å². The molecule has 26 heavy (non-hydrogen) atoms. The van der Waals surface area contributed by atoms with Gasteiger partial charge in [-0.3, -0.25) is 9.59 Å². The van der Waals surface area contributed by atoms with Crippen molar-refractivity contribution in [3.05, 3.63) is 29.3 Å². The standard InChI is InChI=1S/C22H33NO3/c1-4-5-6-7-8-9-10-11-14-23-20-13-12-17(2)15-19(20)22(26,21(23)25)16-18(3)24/h12-13,15,26H,4-11,14,16H2,1-3H3. The molecule has 0 aromatic heterocycles. The molecule has 1 aromatic carbocycles. The fourth-order valence-corrected chi connectivity index (χ4v) is 3.82. The average molecular weight is 360 g/mol. The van der Waals surface area contributed by atoms with Gasteiger partial charge in [-0.25, -0.2) is 0 Å². The van der Waals surface area contributed by atoms with E-state index in [1.165, 1.54) is 45.4 Å². The molecule has 1 unspecified atom stereocenters.